The number of hydrogen-bond donors (Lipinski definition) is 1. The van der Waals surface area contributed by atoms with E-state index in [2.05, 4.69) is 5.32 Å². The monoisotopic (exact) mass is 361 g/mol. The van der Waals surface area contributed by atoms with E-state index in [1.165, 1.54) is 6.20 Å². The van der Waals surface area contributed by atoms with Crippen LogP contribution in [0.5, 0.6) is 0 Å². The van der Waals surface area contributed by atoms with Crippen LogP contribution < -0.4 is 5.32 Å². The molecular weight excluding hydrogens is 338 g/mol. The van der Waals surface area contributed by atoms with E-state index in [9.17, 15) is 18.5 Å². The minimum Gasteiger partial charge on any atom is -0.372 e. The van der Waals surface area contributed by atoms with Gasteiger partial charge in [-0.25, -0.2) is 8.42 Å². The third-order valence-corrected chi connectivity index (χ3v) is 6.08. The maximum atomic E-state index is 12.4. The Morgan fingerprint density at radius 2 is 2.16 bits per heavy atom. The second kappa shape index (κ2) is 7.70. The van der Waals surface area contributed by atoms with Crippen molar-refractivity contribution in [2.24, 2.45) is 0 Å². The summed E-state index contributed by atoms with van der Waals surface area (Å²) in [5, 5.41) is 12.1. The molecule has 1 heterocycles. The highest BCUT2D eigenvalue weighted by Gasteiger charge is 2.31. The van der Waals surface area contributed by atoms with Crippen molar-refractivity contribution in [1.82, 2.24) is 4.90 Å². The van der Waals surface area contributed by atoms with Crippen LogP contribution in [0.15, 0.2) is 30.0 Å². The van der Waals surface area contributed by atoms with Gasteiger partial charge in [-0.3, -0.25) is 4.79 Å². The molecule has 1 aromatic rings. The van der Waals surface area contributed by atoms with E-state index in [1.54, 1.807) is 11.0 Å². The van der Waals surface area contributed by atoms with Gasteiger partial charge < -0.3 is 10.2 Å². The summed E-state index contributed by atoms with van der Waals surface area (Å²) in [6, 6.07) is 7.38. The van der Waals surface area contributed by atoms with Gasteiger partial charge in [0.2, 0.25) is 0 Å². The van der Waals surface area contributed by atoms with Gasteiger partial charge in [0.05, 0.1) is 11.5 Å². The van der Waals surface area contributed by atoms with Crippen LogP contribution in [0.2, 0.25) is 0 Å². The molecule has 0 spiro atoms. The Kier molecular flexibility index (Phi) is 5.85. The summed E-state index contributed by atoms with van der Waals surface area (Å²) >= 11 is 0. The average Bonchev–Trinajstić information content (AvgIpc) is 2.91. The Hall–Kier alpha value is -2.33. The van der Waals surface area contributed by atoms with Crippen LogP contribution in [0.3, 0.4) is 0 Å². The van der Waals surface area contributed by atoms with Crippen molar-refractivity contribution in [3.8, 4) is 6.07 Å². The minimum atomic E-state index is -3.03. The number of anilines is 1. The first-order chi connectivity index (χ1) is 11.8. The fourth-order valence-electron chi connectivity index (χ4n) is 2.94. The third kappa shape index (κ3) is 4.83. The molecule has 1 atom stereocenters. The Morgan fingerprint density at radius 3 is 2.68 bits per heavy atom. The van der Waals surface area contributed by atoms with Crippen LogP contribution in [0.1, 0.15) is 24.5 Å². The fourth-order valence-corrected chi connectivity index (χ4v) is 4.68. The Balaban J connectivity index is 2.17. The van der Waals surface area contributed by atoms with Crippen LogP contribution in [-0.4, -0.2) is 43.3 Å². The third-order valence-electron chi connectivity index (χ3n) is 4.33. The second-order valence-electron chi connectivity index (χ2n) is 6.31. The predicted octanol–water partition coefficient (Wildman–Crippen LogP) is 2.16. The van der Waals surface area contributed by atoms with Gasteiger partial charge in [0.15, 0.2) is 9.84 Å². The fraction of sp³-hybridized carbons (Fsp3) is 0.444. The van der Waals surface area contributed by atoms with Crippen LogP contribution in [0.4, 0.5) is 5.69 Å². The molecule has 0 aliphatic carbocycles. The molecule has 1 N–H and O–H groups in total. The number of rotatable bonds is 5. The highest BCUT2D eigenvalue weighted by molar-refractivity contribution is 7.91. The molecule has 0 aromatic heterocycles. The zero-order valence-corrected chi connectivity index (χ0v) is 15.6. The quantitative estimate of drug-likeness (QED) is 0.641. The van der Waals surface area contributed by atoms with Crippen molar-refractivity contribution in [3.05, 3.63) is 41.1 Å². The molecule has 134 valence electrons. The lowest BCUT2D eigenvalue weighted by molar-refractivity contribution is -0.112. The second-order valence-corrected chi connectivity index (χ2v) is 8.54. The molecule has 1 amide bonds. The number of amides is 1. The topological polar surface area (TPSA) is 90.3 Å². The van der Waals surface area contributed by atoms with Crippen molar-refractivity contribution in [2.75, 3.05) is 23.4 Å². The first-order valence-corrected chi connectivity index (χ1v) is 10.0. The molecule has 6 nitrogen and oxygen atoms in total. The summed E-state index contributed by atoms with van der Waals surface area (Å²) in [7, 11) is -3.03. The molecule has 0 bridgehead atoms. The summed E-state index contributed by atoms with van der Waals surface area (Å²) in [5.74, 6) is -0.276. The van der Waals surface area contributed by atoms with Crippen LogP contribution in [0, 0.1) is 25.2 Å². The van der Waals surface area contributed by atoms with E-state index in [4.69, 9.17) is 0 Å². The molecule has 1 aliphatic rings. The molecule has 0 radical (unpaired) electrons. The average molecular weight is 361 g/mol. The van der Waals surface area contributed by atoms with Crippen molar-refractivity contribution in [2.45, 2.75) is 33.2 Å². The van der Waals surface area contributed by atoms with E-state index < -0.39 is 15.7 Å². The maximum Gasteiger partial charge on any atom is 0.267 e. The number of sulfone groups is 1. The number of aryl methyl sites for hydroxylation is 2. The van der Waals surface area contributed by atoms with Crippen molar-refractivity contribution in [3.63, 3.8) is 0 Å². The highest BCUT2D eigenvalue weighted by Crippen LogP contribution is 2.20. The minimum absolute atomic E-state index is 0.0360. The van der Waals surface area contributed by atoms with Gasteiger partial charge in [-0.15, -0.1) is 0 Å². The molecule has 2 rings (SSSR count). The number of nitrogens with one attached hydrogen (secondary N) is 1. The first-order valence-electron chi connectivity index (χ1n) is 8.22. The van der Waals surface area contributed by atoms with Crippen molar-refractivity contribution in [1.29, 1.82) is 5.26 Å². The van der Waals surface area contributed by atoms with Crippen molar-refractivity contribution < 1.29 is 13.2 Å². The van der Waals surface area contributed by atoms with Crippen LogP contribution in [0.25, 0.3) is 0 Å². The standard InChI is InChI=1S/C18H23N3O3S/c1-4-21(16-7-8-25(23,24)12-16)11-15(10-19)18(22)20-17-6-5-13(2)9-14(17)3/h5-6,9,11,16H,4,7-8,12H2,1-3H3,(H,20,22)/b15-11-. The van der Waals surface area contributed by atoms with E-state index in [1.807, 2.05) is 39.0 Å². The van der Waals surface area contributed by atoms with Crippen molar-refractivity contribution >= 4 is 21.4 Å². The normalized spacial score (nSPS) is 19.3. The van der Waals surface area contributed by atoms with E-state index in [-0.39, 0.29) is 23.1 Å². The molecule has 7 heteroatoms. The largest absolute Gasteiger partial charge is 0.372 e. The van der Waals surface area contributed by atoms with E-state index in [0.29, 0.717) is 18.7 Å². The number of carbonyl (C=O) groups is 1. The van der Waals surface area contributed by atoms with Crippen LogP contribution >= 0.6 is 0 Å². The van der Waals surface area contributed by atoms with Gasteiger partial charge in [-0.1, -0.05) is 17.7 Å². The van der Waals surface area contributed by atoms with Gasteiger partial charge in [0, 0.05) is 24.5 Å². The maximum absolute atomic E-state index is 12.4. The number of benzene rings is 1. The summed E-state index contributed by atoms with van der Waals surface area (Å²) < 4.78 is 23.3. The lowest BCUT2D eigenvalue weighted by atomic mass is 10.1. The number of nitrogens with zero attached hydrogens (tertiary/aromatic N) is 2. The first kappa shape index (κ1) is 19.0. The number of carbonyl (C=O) groups excluding carboxylic acids is 1. The van der Waals surface area contributed by atoms with Gasteiger partial charge >= 0.3 is 0 Å². The van der Waals surface area contributed by atoms with E-state index in [0.717, 1.165) is 11.1 Å². The molecular formula is C18H23N3O3S. The zero-order valence-electron chi connectivity index (χ0n) is 14.7. The SMILES string of the molecule is CCN(/C=C(/C#N)C(=O)Nc1ccc(C)cc1C)C1CCS(=O)(=O)C1. The molecule has 1 unspecified atom stereocenters. The zero-order chi connectivity index (χ0) is 18.6. The Morgan fingerprint density at radius 1 is 1.44 bits per heavy atom. The summed E-state index contributed by atoms with van der Waals surface area (Å²) in [5.41, 5.74) is 2.63. The lowest BCUT2D eigenvalue weighted by Crippen LogP contribution is -2.32. The van der Waals surface area contributed by atoms with Crippen LogP contribution in [-0.2, 0) is 14.6 Å². The van der Waals surface area contributed by atoms with E-state index >= 15 is 0 Å². The molecule has 25 heavy (non-hydrogen) atoms. The van der Waals surface area contributed by atoms with Gasteiger partial charge in [-0.05, 0) is 38.8 Å². The Bertz CT molecular complexity index is 838. The molecule has 0 saturated carbocycles. The lowest BCUT2D eigenvalue weighted by Gasteiger charge is -2.25. The smallest absolute Gasteiger partial charge is 0.267 e. The van der Waals surface area contributed by atoms with Gasteiger partial charge in [-0.2, -0.15) is 5.26 Å². The number of nitriles is 1. The molecule has 1 aromatic carbocycles. The summed E-state index contributed by atoms with van der Waals surface area (Å²) in [6.45, 7) is 6.26. The summed E-state index contributed by atoms with van der Waals surface area (Å²) in [4.78, 5) is 14.2. The van der Waals surface area contributed by atoms with Gasteiger partial charge in [0.1, 0.15) is 11.6 Å². The molecule has 1 fully saturated rings. The molecule has 1 aliphatic heterocycles. The number of hydrogen-bond acceptors (Lipinski definition) is 5. The predicted molar refractivity (Wildman–Crippen MR) is 97.7 cm³/mol. The highest BCUT2D eigenvalue weighted by atomic mass is 32.2. The summed E-state index contributed by atoms with van der Waals surface area (Å²) in [6.07, 6.45) is 1.99. The molecule has 1 saturated heterocycles. The van der Waals surface area contributed by atoms with Gasteiger partial charge in [0.25, 0.3) is 5.91 Å². The Labute approximate surface area is 149 Å².